The predicted molar refractivity (Wildman–Crippen MR) is 45.4 cm³/mol. The molecule has 0 spiro atoms. The van der Waals surface area contributed by atoms with Gasteiger partial charge in [-0.15, -0.1) is 0 Å². The van der Waals surface area contributed by atoms with Crippen LogP contribution in [0.15, 0.2) is 6.20 Å². The molecule has 0 saturated carbocycles. The van der Waals surface area contributed by atoms with Crippen molar-refractivity contribution >= 4 is 5.97 Å². The van der Waals surface area contributed by atoms with E-state index in [1.807, 2.05) is 6.92 Å². The summed E-state index contributed by atoms with van der Waals surface area (Å²) in [6.45, 7) is 2.39. The number of imidazole rings is 1. The summed E-state index contributed by atoms with van der Waals surface area (Å²) in [5.74, 6) is -0.634. The van der Waals surface area contributed by atoms with Crippen LogP contribution in [0.1, 0.15) is 30.4 Å². The van der Waals surface area contributed by atoms with Crippen LogP contribution in [-0.4, -0.2) is 27.7 Å². The van der Waals surface area contributed by atoms with Crippen molar-refractivity contribution < 1.29 is 14.6 Å². The minimum Gasteiger partial charge on any atom is -0.493 e. The second-order valence-electron chi connectivity index (χ2n) is 2.61. The first kappa shape index (κ1) is 9.57. The third kappa shape index (κ3) is 2.77. The average molecular weight is 184 g/mol. The average Bonchev–Trinajstić information content (AvgIpc) is 2.52. The van der Waals surface area contributed by atoms with Gasteiger partial charge in [0.05, 0.1) is 12.8 Å². The Kier molecular flexibility index (Phi) is 3.31. The fourth-order valence-corrected chi connectivity index (χ4v) is 0.793. The topological polar surface area (TPSA) is 75.2 Å². The van der Waals surface area contributed by atoms with E-state index in [2.05, 4.69) is 9.97 Å². The molecule has 2 N–H and O–H groups in total. The molecule has 0 atom stereocenters. The van der Waals surface area contributed by atoms with Crippen LogP contribution in [0.4, 0.5) is 0 Å². The summed E-state index contributed by atoms with van der Waals surface area (Å²) in [4.78, 5) is 17.1. The van der Waals surface area contributed by atoms with Crippen molar-refractivity contribution in [3.8, 4) is 5.88 Å². The highest BCUT2D eigenvalue weighted by molar-refractivity contribution is 5.85. The summed E-state index contributed by atoms with van der Waals surface area (Å²) in [5.41, 5.74) is 0. The summed E-state index contributed by atoms with van der Waals surface area (Å²) in [5, 5.41) is 8.85. The van der Waals surface area contributed by atoms with Crippen LogP contribution in [0.3, 0.4) is 0 Å². The van der Waals surface area contributed by atoms with Crippen molar-refractivity contribution in [2.45, 2.75) is 19.8 Å². The van der Waals surface area contributed by atoms with Crippen LogP contribution in [0.25, 0.3) is 0 Å². The maximum Gasteiger partial charge on any atom is 0.374 e. The van der Waals surface area contributed by atoms with Crippen LogP contribution < -0.4 is 0 Å². The number of hydrogen-bond donors (Lipinski definition) is 2. The van der Waals surface area contributed by atoms with E-state index in [1.165, 1.54) is 0 Å². The second-order valence-corrected chi connectivity index (χ2v) is 2.61. The summed E-state index contributed by atoms with van der Waals surface area (Å²) in [7, 11) is 0. The molecule has 1 rings (SSSR count). The van der Waals surface area contributed by atoms with E-state index >= 15 is 0 Å². The first-order valence-corrected chi connectivity index (χ1v) is 4.15. The molecule has 5 nitrogen and oxygen atoms in total. The van der Waals surface area contributed by atoms with E-state index in [4.69, 9.17) is 9.84 Å². The lowest BCUT2D eigenvalue weighted by Crippen LogP contribution is -2.07. The highest BCUT2D eigenvalue weighted by Crippen LogP contribution is 2.04. The number of esters is 1. The van der Waals surface area contributed by atoms with Crippen molar-refractivity contribution in [3.63, 3.8) is 0 Å². The fraction of sp³-hybridized carbons (Fsp3) is 0.500. The van der Waals surface area contributed by atoms with Crippen molar-refractivity contribution in [1.82, 2.24) is 9.97 Å². The quantitative estimate of drug-likeness (QED) is 0.542. The SMILES string of the molecule is CCCCOC(=O)c1ncc(O)[nH]1. The monoisotopic (exact) mass is 184 g/mol. The van der Waals surface area contributed by atoms with Gasteiger partial charge in [0.1, 0.15) is 0 Å². The molecule has 72 valence electrons. The first-order valence-electron chi connectivity index (χ1n) is 4.15. The van der Waals surface area contributed by atoms with Crippen LogP contribution in [0.5, 0.6) is 5.88 Å². The zero-order chi connectivity index (χ0) is 9.68. The smallest absolute Gasteiger partial charge is 0.374 e. The number of rotatable bonds is 4. The second kappa shape index (κ2) is 4.49. The fourth-order valence-electron chi connectivity index (χ4n) is 0.793. The maximum absolute atomic E-state index is 11.1. The van der Waals surface area contributed by atoms with Crippen molar-refractivity contribution in [2.75, 3.05) is 6.61 Å². The lowest BCUT2D eigenvalue weighted by Gasteiger charge is -1.99. The Bertz CT molecular complexity index is 283. The zero-order valence-corrected chi connectivity index (χ0v) is 7.41. The molecule has 0 aromatic carbocycles. The molecule has 13 heavy (non-hydrogen) atoms. The van der Waals surface area contributed by atoms with Gasteiger partial charge in [0.15, 0.2) is 0 Å². The van der Waals surface area contributed by atoms with Crippen LogP contribution in [0, 0.1) is 0 Å². The summed E-state index contributed by atoms with van der Waals surface area (Å²) in [6.07, 6.45) is 2.96. The molecule has 0 bridgehead atoms. The molecule has 0 aliphatic rings. The van der Waals surface area contributed by atoms with Gasteiger partial charge in [-0.05, 0) is 6.42 Å². The van der Waals surface area contributed by atoms with Gasteiger partial charge in [-0.25, -0.2) is 9.78 Å². The molecule has 0 radical (unpaired) electrons. The summed E-state index contributed by atoms with van der Waals surface area (Å²) in [6, 6.07) is 0. The molecular formula is C8H12N2O3. The zero-order valence-electron chi connectivity index (χ0n) is 7.41. The number of ether oxygens (including phenoxy) is 1. The molecule has 1 aromatic heterocycles. The predicted octanol–water partition coefficient (Wildman–Crippen LogP) is 1.07. The first-order chi connectivity index (χ1) is 6.24. The van der Waals surface area contributed by atoms with Crippen molar-refractivity contribution in [3.05, 3.63) is 12.0 Å². The van der Waals surface area contributed by atoms with Crippen LogP contribution in [-0.2, 0) is 4.74 Å². The van der Waals surface area contributed by atoms with E-state index in [1.54, 1.807) is 0 Å². The van der Waals surface area contributed by atoms with Crippen molar-refractivity contribution in [1.29, 1.82) is 0 Å². The van der Waals surface area contributed by atoms with Gasteiger partial charge in [0.2, 0.25) is 11.7 Å². The standard InChI is InChI=1S/C8H12N2O3/c1-2-3-4-13-8(12)7-9-5-6(11)10-7/h5,11H,2-4H2,1H3,(H,9,10). The third-order valence-electron chi connectivity index (χ3n) is 1.49. The van der Waals surface area contributed by atoms with Gasteiger partial charge in [0, 0.05) is 0 Å². The minimum atomic E-state index is -0.534. The molecule has 0 fully saturated rings. The number of carbonyl (C=O) groups excluding carboxylic acids is 1. The number of nitrogens with zero attached hydrogens (tertiary/aromatic N) is 1. The molecule has 5 heteroatoms. The largest absolute Gasteiger partial charge is 0.493 e. The van der Waals surface area contributed by atoms with Gasteiger partial charge >= 0.3 is 5.97 Å². The number of nitrogens with one attached hydrogen (secondary N) is 1. The molecule has 0 aliphatic heterocycles. The van der Waals surface area contributed by atoms with Crippen molar-refractivity contribution in [2.24, 2.45) is 0 Å². The number of carbonyl (C=O) groups is 1. The van der Waals surface area contributed by atoms with E-state index in [-0.39, 0.29) is 11.7 Å². The number of aromatic nitrogens is 2. The Morgan fingerprint density at radius 3 is 3.08 bits per heavy atom. The van der Waals surface area contributed by atoms with Crippen LogP contribution in [0.2, 0.25) is 0 Å². The lowest BCUT2D eigenvalue weighted by molar-refractivity contribution is 0.0486. The van der Waals surface area contributed by atoms with E-state index in [9.17, 15) is 4.79 Å². The van der Waals surface area contributed by atoms with Gasteiger partial charge in [0.25, 0.3) is 0 Å². The number of aromatic hydroxyl groups is 1. The van der Waals surface area contributed by atoms with E-state index in [0.717, 1.165) is 19.0 Å². The van der Waals surface area contributed by atoms with Gasteiger partial charge in [-0.3, -0.25) is 0 Å². The van der Waals surface area contributed by atoms with Gasteiger partial charge in [-0.1, -0.05) is 13.3 Å². The Morgan fingerprint density at radius 2 is 2.54 bits per heavy atom. The molecule has 0 aliphatic carbocycles. The molecule has 0 saturated heterocycles. The Hall–Kier alpha value is -1.52. The van der Waals surface area contributed by atoms with Crippen LogP contribution >= 0.6 is 0 Å². The van der Waals surface area contributed by atoms with E-state index < -0.39 is 5.97 Å². The van der Waals surface area contributed by atoms with Gasteiger partial charge < -0.3 is 14.8 Å². The van der Waals surface area contributed by atoms with E-state index in [0.29, 0.717) is 6.61 Å². The number of hydrogen-bond acceptors (Lipinski definition) is 4. The minimum absolute atomic E-state index is 0.0357. The summed E-state index contributed by atoms with van der Waals surface area (Å²) < 4.78 is 4.84. The third-order valence-corrected chi connectivity index (χ3v) is 1.49. The highest BCUT2D eigenvalue weighted by Gasteiger charge is 2.10. The normalized spacial score (nSPS) is 9.92. The number of unbranched alkanes of at least 4 members (excludes halogenated alkanes) is 1. The number of aromatic amines is 1. The summed E-state index contributed by atoms with van der Waals surface area (Å²) >= 11 is 0. The Morgan fingerprint density at radius 1 is 1.77 bits per heavy atom. The molecule has 0 unspecified atom stereocenters. The molecule has 1 heterocycles. The lowest BCUT2D eigenvalue weighted by atomic mass is 10.4. The Labute approximate surface area is 75.8 Å². The molecular weight excluding hydrogens is 172 g/mol. The highest BCUT2D eigenvalue weighted by atomic mass is 16.5. The molecule has 1 aromatic rings. The number of H-pyrrole nitrogens is 1. The molecule has 0 amide bonds. The maximum atomic E-state index is 11.1. The Balaban J connectivity index is 2.40. The van der Waals surface area contributed by atoms with Gasteiger partial charge in [-0.2, -0.15) is 0 Å².